The Hall–Kier alpha value is -3.76. The van der Waals surface area contributed by atoms with E-state index in [9.17, 15) is 45.9 Å². The number of alkyl halides is 7. The maximum absolute atomic E-state index is 15.2. The lowest BCUT2D eigenvalue weighted by Crippen LogP contribution is -2.51. The molecule has 0 spiro atoms. The van der Waals surface area contributed by atoms with Crippen molar-refractivity contribution in [2.24, 2.45) is 17.8 Å². The van der Waals surface area contributed by atoms with E-state index in [1.807, 2.05) is 0 Å². The summed E-state index contributed by atoms with van der Waals surface area (Å²) in [5.74, 6) is -22.2. The summed E-state index contributed by atoms with van der Waals surface area (Å²) >= 11 is 11.7. The zero-order valence-corrected chi connectivity index (χ0v) is 28.5. The Morgan fingerprint density at radius 3 is 1.98 bits per heavy atom. The van der Waals surface area contributed by atoms with Gasteiger partial charge in [-0.15, -0.1) is 0 Å². The van der Waals surface area contributed by atoms with Crippen molar-refractivity contribution in [3.8, 4) is 5.75 Å². The number of amides is 2. The first-order valence-electron chi connectivity index (χ1n) is 14.7. The van der Waals surface area contributed by atoms with Gasteiger partial charge in [-0.05, 0) is 41.8 Å². The number of hydrogen-bond donors (Lipinski definition) is 2. The molecule has 2 amide bonds. The lowest BCUT2D eigenvalue weighted by Gasteiger charge is -2.27. The number of halogens is 9. The monoisotopic (exact) mass is 760 g/mol. The predicted molar refractivity (Wildman–Crippen MR) is 166 cm³/mol. The van der Waals surface area contributed by atoms with Crippen LogP contribution in [-0.4, -0.2) is 68.6 Å². The summed E-state index contributed by atoms with van der Waals surface area (Å²) in [6, 6.07) is 6.60. The Morgan fingerprint density at radius 1 is 0.860 bits per heavy atom. The van der Waals surface area contributed by atoms with Crippen LogP contribution in [0.15, 0.2) is 42.5 Å². The van der Waals surface area contributed by atoms with Crippen LogP contribution in [0.5, 0.6) is 5.75 Å². The van der Waals surface area contributed by atoms with Gasteiger partial charge in [0.1, 0.15) is 18.3 Å². The normalized spacial score (nSPS) is 14.0. The molecule has 2 N–H and O–H groups in total. The highest BCUT2D eigenvalue weighted by atomic mass is 35.5. The summed E-state index contributed by atoms with van der Waals surface area (Å²) in [6.45, 7) is -0.262. The maximum atomic E-state index is 15.2. The molecule has 0 aliphatic heterocycles. The highest BCUT2D eigenvalue weighted by molar-refractivity contribution is 6.34. The minimum Gasteiger partial charge on any atom is -0.497 e. The van der Waals surface area contributed by atoms with Gasteiger partial charge in [0.05, 0.1) is 24.7 Å². The van der Waals surface area contributed by atoms with E-state index in [0.717, 1.165) is 24.6 Å². The molecule has 3 atom stereocenters. The third-order valence-corrected chi connectivity index (χ3v) is 8.02. The van der Waals surface area contributed by atoms with Gasteiger partial charge in [0, 0.05) is 36.5 Å². The Labute approximate surface area is 292 Å². The molecule has 2 aromatic carbocycles. The van der Waals surface area contributed by atoms with Gasteiger partial charge in [0.2, 0.25) is 17.5 Å². The van der Waals surface area contributed by atoms with Crippen LogP contribution in [0.2, 0.25) is 10.0 Å². The van der Waals surface area contributed by atoms with E-state index in [2.05, 4.69) is 5.32 Å². The number of rotatable bonds is 18. The van der Waals surface area contributed by atoms with E-state index < -0.39 is 108 Å². The van der Waals surface area contributed by atoms with Crippen LogP contribution < -0.4 is 15.4 Å². The van der Waals surface area contributed by atoms with E-state index in [1.165, 1.54) is 51.3 Å². The summed E-state index contributed by atoms with van der Waals surface area (Å²) in [5.41, 5.74) is -0.917. The minimum atomic E-state index is -5.06. The average Bonchev–Trinajstić information content (AvgIpc) is 3.04. The summed E-state index contributed by atoms with van der Waals surface area (Å²) in [6.07, 6.45) is -7.24. The highest BCUT2D eigenvalue weighted by Gasteiger charge is 2.52. The summed E-state index contributed by atoms with van der Waals surface area (Å²) in [5, 5.41) is 2.61. The van der Waals surface area contributed by atoms with E-state index in [0.29, 0.717) is 0 Å². The standard InChI is InChI=1S/C32H33Cl2F7N2O7/c1-16(2)21(27(46)32(40,41)29(48)42-15-30(35,36)37)13-24(44)26(17-5-8-20(50-4)9-6-17)43-28(47)18(14-49-3)11-25(45)31(38,39)22-12-19(33)7-10-23(22)34/h5-10,12,16,18,21,26H,11,13-15H2,1-4H3,(H,42,48)(H,43,47)/t18-,21-,26-/m0/s1. The number of ketones is 3. The van der Waals surface area contributed by atoms with Crippen molar-refractivity contribution in [1.29, 1.82) is 0 Å². The van der Waals surface area contributed by atoms with Gasteiger partial charge in [-0.3, -0.25) is 24.0 Å². The summed E-state index contributed by atoms with van der Waals surface area (Å²) in [7, 11) is 2.43. The Bertz CT molecular complexity index is 1550. The zero-order chi connectivity index (χ0) is 38.2. The maximum Gasteiger partial charge on any atom is 0.405 e. The average molecular weight is 762 g/mol. The predicted octanol–water partition coefficient (Wildman–Crippen LogP) is 6.29. The number of ether oxygens (including phenoxy) is 2. The Kier molecular flexibility index (Phi) is 14.8. The largest absolute Gasteiger partial charge is 0.497 e. The van der Waals surface area contributed by atoms with Crippen LogP contribution in [0.4, 0.5) is 30.7 Å². The first-order chi connectivity index (χ1) is 23.1. The number of carbonyl (C=O) groups excluding carboxylic acids is 5. The van der Waals surface area contributed by atoms with Crippen LogP contribution in [0.3, 0.4) is 0 Å². The molecule has 9 nitrogen and oxygen atoms in total. The molecular formula is C32H33Cl2F7N2O7. The second-order valence-corrected chi connectivity index (χ2v) is 12.3. The quantitative estimate of drug-likeness (QED) is 0.135. The molecule has 18 heteroatoms. The molecule has 2 rings (SSSR count). The molecule has 2 aromatic rings. The van der Waals surface area contributed by atoms with Gasteiger partial charge < -0.3 is 20.1 Å². The van der Waals surface area contributed by atoms with Crippen molar-refractivity contribution in [3.63, 3.8) is 0 Å². The number of benzene rings is 2. The topological polar surface area (TPSA) is 128 Å². The van der Waals surface area contributed by atoms with Gasteiger partial charge >= 0.3 is 18.0 Å². The number of nitrogens with one attached hydrogen (secondary N) is 2. The van der Waals surface area contributed by atoms with Gasteiger partial charge in [0.15, 0.2) is 5.78 Å². The van der Waals surface area contributed by atoms with E-state index in [-0.39, 0.29) is 16.3 Å². The molecule has 0 fully saturated rings. The first kappa shape index (κ1) is 42.4. The third kappa shape index (κ3) is 11.1. The fraction of sp³-hybridized carbons (Fsp3) is 0.469. The van der Waals surface area contributed by atoms with Gasteiger partial charge in [-0.2, -0.15) is 30.7 Å². The second kappa shape index (κ2) is 17.4. The molecule has 0 radical (unpaired) electrons. The van der Waals surface area contributed by atoms with Crippen LogP contribution in [0, 0.1) is 17.8 Å². The molecule has 276 valence electrons. The molecule has 0 bridgehead atoms. The van der Waals surface area contributed by atoms with E-state index >= 15 is 8.78 Å². The third-order valence-electron chi connectivity index (χ3n) is 7.45. The molecule has 0 aromatic heterocycles. The lowest BCUT2D eigenvalue weighted by molar-refractivity contribution is -0.167. The molecule has 0 aliphatic carbocycles. The van der Waals surface area contributed by atoms with Crippen molar-refractivity contribution >= 4 is 52.4 Å². The SMILES string of the molecule is COC[C@H](CC(=O)C(F)(F)c1cc(Cl)ccc1Cl)C(=O)N[C@H](C(=O)C[C@H](C(=O)C(F)(F)C(=O)NCC(F)(F)F)C(C)C)c1ccc(OC)cc1. The molecule has 0 heterocycles. The molecule has 0 aliphatic rings. The van der Waals surface area contributed by atoms with Crippen LogP contribution >= 0.6 is 23.2 Å². The molecule has 0 saturated carbocycles. The van der Waals surface area contributed by atoms with Crippen molar-refractivity contribution in [1.82, 2.24) is 10.6 Å². The van der Waals surface area contributed by atoms with Crippen molar-refractivity contribution in [3.05, 3.63) is 63.6 Å². The Balaban J connectivity index is 2.43. The van der Waals surface area contributed by atoms with Crippen molar-refractivity contribution in [2.45, 2.75) is 50.8 Å². The van der Waals surface area contributed by atoms with Crippen LogP contribution in [-0.2, 0) is 34.6 Å². The second-order valence-electron chi connectivity index (χ2n) is 11.5. The fourth-order valence-corrected chi connectivity index (χ4v) is 5.09. The first-order valence-corrected chi connectivity index (χ1v) is 15.4. The number of methoxy groups -OCH3 is 2. The number of Topliss-reactive ketones (excluding diaryl/α,β-unsaturated/α-hetero) is 3. The summed E-state index contributed by atoms with van der Waals surface area (Å²) < 4.78 is 108. The van der Waals surface area contributed by atoms with Crippen LogP contribution in [0.25, 0.3) is 0 Å². The van der Waals surface area contributed by atoms with Gasteiger partial charge in [-0.1, -0.05) is 49.2 Å². The lowest BCUT2D eigenvalue weighted by atomic mass is 9.82. The number of hydrogen-bond acceptors (Lipinski definition) is 7. The van der Waals surface area contributed by atoms with Crippen molar-refractivity contribution in [2.75, 3.05) is 27.4 Å². The van der Waals surface area contributed by atoms with Crippen LogP contribution in [0.1, 0.15) is 43.9 Å². The smallest absolute Gasteiger partial charge is 0.405 e. The Morgan fingerprint density at radius 2 is 1.46 bits per heavy atom. The molecule has 0 saturated heterocycles. The minimum absolute atomic E-state index is 0.00678. The van der Waals surface area contributed by atoms with Gasteiger partial charge in [0.25, 0.3) is 5.91 Å². The summed E-state index contributed by atoms with van der Waals surface area (Å²) in [4.78, 5) is 64.8. The van der Waals surface area contributed by atoms with E-state index in [1.54, 1.807) is 0 Å². The van der Waals surface area contributed by atoms with E-state index in [4.69, 9.17) is 32.7 Å². The molecule has 50 heavy (non-hydrogen) atoms. The van der Waals surface area contributed by atoms with Gasteiger partial charge in [-0.25, -0.2) is 0 Å². The fourth-order valence-electron chi connectivity index (χ4n) is 4.68. The zero-order valence-electron chi connectivity index (χ0n) is 26.9. The van der Waals surface area contributed by atoms with Crippen molar-refractivity contribution < 1.29 is 64.2 Å². The number of carbonyl (C=O) groups is 5. The molecular weight excluding hydrogens is 728 g/mol. The molecule has 0 unspecified atom stereocenters. The highest BCUT2D eigenvalue weighted by Crippen LogP contribution is 2.38.